The molecule has 0 radical (unpaired) electrons. The van der Waals surface area contributed by atoms with Gasteiger partial charge in [-0.25, -0.2) is 0 Å². The number of nitrogens with one attached hydrogen (secondary N) is 2. The third-order valence-corrected chi connectivity index (χ3v) is 5.37. The average molecular weight is 309 g/mol. The van der Waals surface area contributed by atoms with Crippen molar-refractivity contribution in [1.29, 1.82) is 0 Å². The molecule has 108 valence electrons. The van der Waals surface area contributed by atoms with Crippen LogP contribution in [-0.4, -0.2) is 11.2 Å². The lowest BCUT2D eigenvalue weighted by molar-refractivity contribution is 0.279. The Kier molecular flexibility index (Phi) is 4.18. The van der Waals surface area contributed by atoms with Gasteiger partial charge in [0.05, 0.1) is 0 Å². The Bertz CT molecular complexity index is 488. The van der Waals surface area contributed by atoms with Crippen molar-refractivity contribution in [3.8, 4) is 0 Å². The number of thiocarbonyl (C=S) groups is 1. The Morgan fingerprint density at radius 2 is 2.00 bits per heavy atom. The van der Waals surface area contributed by atoms with Crippen LogP contribution in [0, 0.1) is 17.8 Å². The van der Waals surface area contributed by atoms with Gasteiger partial charge in [0.15, 0.2) is 5.11 Å². The van der Waals surface area contributed by atoms with E-state index >= 15 is 0 Å². The third-order valence-electron chi connectivity index (χ3n) is 4.90. The van der Waals surface area contributed by atoms with Gasteiger partial charge in [-0.15, -0.1) is 0 Å². The van der Waals surface area contributed by atoms with Gasteiger partial charge < -0.3 is 10.6 Å². The molecule has 2 saturated carbocycles. The summed E-state index contributed by atoms with van der Waals surface area (Å²) >= 11 is 11.3. The lowest BCUT2D eigenvalue weighted by Gasteiger charge is -2.29. The van der Waals surface area contributed by atoms with Gasteiger partial charge in [0.1, 0.15) is 0 Å². The van der Waals surface area contributed by atoms with Crippen molar-refractivity contribution in [3.63, 3.8) is 0 Å². The van der Waals surface area contributed by atoms with Crippen LogP contribution < -0.4 is 10.6 Å². The minimum atomic E-state index is 0.456. The minimum Gasteiger partial charge on any atom is -0.360 e. The summed E-state index contributed by atoms with van der Waals surface area (Å²) in [6.07, 6.45) is 5.68. The van der Waals surface area contributed by atoms with Gasteiger partial charge in [0.2, 0.25) is 0 Å². The van der Waals surface area contributed by atoms with Crippen LogP contribution >= 0.6 is 23.8 Å². The van der Waals surface area contributed by atoms with E-state index in [0.717, 1.165) is 28.5 Å². The van der Waals surface area contributed by atoms with E-state index in [0.29, 0.717) is 11.2 Å². The summed E-state index contributed by atoms with van der Waals surface area (Å²) < 4.78 is 0. The smallest absolute Gasteiger partial charge is 0.170 e. The second-order valence-corrected chi connectivity index (χ2v) is 7.08. The highest BCUT2D eigenvalue weighted by Crippen LogP contribution is 2.49. The average Bonchev–Trinajstić information content (AvgIpc) is 3.03. The first-order valence-corrected chi connectivity index (χ1v) is 8.23. The van der Waals surface area contributed by atoms with E-state index in [9.17, 15) is 0 Å². The second-order valence-electron chi connectivity index (χ2n) is 6.23. The molecule has 0 saturated heterocycles. The lowest BCUT2D eigenvalue weighted by Crippen LogP contribution is -2.42. The molecule has 4 unspecified atom stereocenters. The normalized spacial score (nSPS) is 29.2. The largest absolute Gasteiger partial charge is 0.360 e. The third kappa shape index (κ3) is 3.09. The zero-order valence-corrected chi connectivity index (χ0v) is 13.3. The van der Waals surface area contributed by atoms with Crippen LogP contribution in [0.3, 0.4) is 0 Å². The lowest BCUT2D eigenvalue weighted by atomic mass is 9.84. The number of halogens is 1. The summed E-state index contributed by atoms with van der Waals surface area (Å²) in [6.45, 7) is 2.27. The van der Waals surface area contributed by atoms with Gasteiger partial charge in [-0.2, -0.15) is 0 Å². The molecule has 4 atom stereocenters. The Labute approximate surface area is 131 Å². The van der Waals surface area contributed by atoms with Gasteiger partial charge in [0.25, 0.3) is 0 Å². The minimum absolute atomic E-state index is 0.456. The van der Waals surface area contributed by atoms with Gasteiger partial charge in [-0.1, -0.05) is 18.0 Å². The van der Waals surface area contributed by atoms with Gasteiger partial charge >= 0.3 is 0 Å². The molecule has 2 aliphatic rings. The molecule has 1 aromatic rings. The second kappa shape index (κ2) is 5.90. The first-order valence-electron chi connectivity index (χ1n) is 7.45. The molecule has 0 amide bonds. The van der Waals surface area contributed by atoms with Crippen LogP contribution in [0.25, 0.3) is 0 Å². The number of anilines is 1. The number of rotatable bonds is 3. The first kappa shape index (κ1) is 14.2. The summed E-state index contributed by atoms with van der Waals surface area (Å²) in [4.78, 5) is 0. The molecule has 2 fully saturated rings. The van der Waals surface area contributed by atoms with E-state index < -0.39 is 0 Å². The van der Waals surface area contributed by atoms with Gasteiger partial charge in [0, 0.05) is 16.8 Å². The molecule has 2 N–H and O–H groups in total. The summed E-state index contributed by atoms with van der Waals surface area (Å²) in [5.41, 5.74) is 0.979. The van der Waals surface area contributed by atoms with Gasteiger partial charge in [-0.05, 0) is 80.4 Å². The van der Waals surface area contributed by atoms with Crippen LogP contribution in [0.4, 0.5) is 5.69 Å². The van der Waals surface area contributed by atoms with Crippen LogP contribution in [0.1, 0.15) is 32.6 Å². The molecule has 2 bridgehead atoms. The van der Waals surface area contributed by atoms with Crippen LogP contribution in [0.15, 0.2) is 24.3 Å². The fraction of sp³-hybridized carbons (Fsp3) is 0.562. The van der Waals surface area contributed by atoms with E-state index in [4.69, 9.17) is 23.8 Å². The molecule has 1 aromatic carbocycles. The standard InChI is InChI=1S/C16H21ClN2S/c1-10(15-9-11-2-3-12(15)8-11)18-16(20)19-14-6-4-13(17)5-7-14/h4-7,10-12,15H,2-3,8-9H2,1H3,(H2,18,19,20). The van der Waals surface area contributed by atoms with Crippen LogP contribution in [-0.2, 0) is 0 Å². The zero-order valence-electron chi connectivity index (χ0n) is 11.7. The summed E-state index contributed by atoms with van der Waals surface area (Å²) in [5, 5.41) is 8.14. The van der Waals surface area contributed by atoms with Crippen molar-refractivity contribution < 1.29 is 0 Å². The zero-order chi connectivity index (χ0) is 14.1. The van der Waals surface area contributed by atoms with Crippen LogP contribution in [0.5, 0.6) is 0 Å². The molecule has 0 spiro atoms. The molecule has 2 nitrogen and oxygen atoms in total. The molecule has 2 aliphatic carbocycles. The van der Waals surface area contributed by atoms with E-state index in [1.165, 1.54) is 25.7 Å². The van der Waals surface area contributed by atoms with Crippen molar-refractivity contribution in [1.82, 2.24) is 5.32 Å². The Hall–Kier alpha value is -0.800. The van der Waals surface area contributed by atoms with Crippen LogP contribution in [0.2, 0.25) is 5.02 Å². The van der Waals surface area contributed by atoms with Crippen molar-refractivity contribution in [2.75, 3.05) is 5.32 Å². The van der Waals surface area contributed by atoms with Crippen molar-refractivity contribution in [2.24, 2.45) is 17.8 Å². The van der Waals surface area contributed by atoms with Crippen molar-refractivity contribution in [3.05, 3.63) is 29.3 Å². The number of fused-ring (bicyclic) bond motifs is 2. The maximum Gasteiger partial charge on any atom is 0.170 e. The van der Waals surface area contributed by atoms with Crippen molar-refractivity contribution >= 4 is 34.6 Å². The molecule has 0 aliphatic heterocycles. The van der Waals surface area contributed by atoms with E-state index in [1.54, 1.807) is 0 Å². The molecule has 0 heterocycles. The molecular formula is C16H21ClN2S. The fourth-order valence-corrected chi connectivity index (χ4v) is 4.35. The Balaban J connectivity index is 1.52. The Morgan fingerprint density at radius 3 is 2.60 bits per heavy atom. The summed E-state index contributed by atoms with van der Waals surface area (Å²) in [5.74, 6) is 2.69. The highest BCUT2D eigenvalue weighted by molar-refractivity contribution is 7.80. The molecular weight excluding hydrogens is 288 g/mol. The fourth-order valence-electron chi connectivity index (χ4n) is 3.92. The quantitative estimate of drug-likeness (QED) is 0.807. The monoisotopic (exact) mass is 308 g/mol. The Morgan fingerprint density at radius 1 is 1.25 bits per heavy atom. The predicted molar refractivity (Wildman–Crippen MR) is 89.2 cm³/mol. The number of hydrogen-bond donors (Lipinski definition) is 2. The molecule has 4 heteroatoms. The van der Waals surface area contributed by atoms with Crippen molar-refractivity contribution in [2.45, 2.75) is 38.6 Å². The first-order chi connectivity index (χ1) is 9.61. The highest BCUT2D eigenvalue weighted by Gasteiger charge is 2.41. The molecule has 3 rings (SSSR count). The maximum atomic E-state index is 5.88. The number of benzene rings is 1. The summed E-state index contributed by atoms with van der Waals surface area (Å²) in [6, 6.07) is 8.08. The van der Waals surface area contributed by atoms with E-state index in [2.05, 4.69) is 17.6 Å². The van der Waals surface area contributed by atoms with E-state index in [1.807, 2.05) is 24.3 Å². The SMILES string of the molecule is CC(NC(=S)Nc1ccc(Cl)cc1)C1CC2CCC1C2. The highest BCUT2D eigenvalue weighted by atomic mass is 35.5. The maximum absolute atomic E-state index is 5.88. The molecule has 20 heavy (non-hydrogen) atoms. The van der Waals surface area contributed by atoms with Gasteiger partial charge in [-0.3, -0.25) is 0 Å². The van der Waals surface area contributed by atoms with E-state index in [-0.39, 0.29) is 0 Å². The topological polar surface area (TPSA) is 24.1 Å². The molecule has 0 aromatic heterocycles. The number of hydrogen-bond acceptors (Lipinski definition) is 1. The predicted octanol–water partition coefficient (Wildman–Crippen LogP) is 4.45. The summed E-state index contributed by atoms with van der Waals surface area (Å²) in [7, 11) is 0.